The van der Waals surface area contributed by atoms with Crippen molar-refractivity contribution < 1.29 is 23.7 Å². The van der Waals surface area contributed by atoms with Crippen molar-refractivity contribution in [3.8, 4) is 23.0 Å². The van der Waals surface area contributed by atoms with Crippen molar-refractivity contribution in [2.75, 3.05) is 38.1 Å². The molecule has 3 aromatic rings. The molecule has 4 rings (SSSR count). The smallest absolute Gasteiger partial charge is 0.275 e. The van der Waals surface area contributed by atoms with E-state index in [2.05, 4.69) is 15.6 Å². The van der Waals surface area contributed by atoms with Crippen LogP contribution in [-0.4, -0.2) is 38.3 Å². The highest BCUT2D eigenvalue weighted by molar-refractivity contribution is 7.14. The number of methoxy groups -OCH3 is 2. The van der Waals surface area contributed by atoms with Crippen molar-refractivity contribution in [3.63, 3.8) is 0 Å². The van der Waals surface area contributed by atoms with Crippen molar-refractivity contribution in [3.05, 3.63) is 47.5 Å². The van der Waals surface area contributed by atoms with Gasteiger partial charge in [0, 0.05) is 23.2 Å². The molecule has 2 aromatic carbocycles. The van der Waals surface area contributed by atoms with E-state index in [0.29, 0.717) is 52.7 Å². The van der Waals surface area contributed by atoms with Crippen molar-refractivity contribution in [1.82, 2.24) is 4.98 Å². The lowest BCUT2D eigenvalue weighted by Crippen LogP contribution is -2.16. The second-order valence-electron chi connectivity index (χ2n) is 6.04. The summed E-state index contributed by atoms with van der Waals surface area (Å²) in [6, 6.07) is 10.7. The Labute approximate surface area is 171 Å². The number of carbonyl (C=O) groups excluding carboxylic acids is 1. The fraction of sp³-hybridized carbons (Fsp3) is 0.200. The zero-order valence-corrected chi connectivity index (χ0v) is 16.7. The Hall–Kier alpha value is -3.46. The number of benzene rings is 2. The van der Waals surface area contributed by atoms with Crippen LogP contribution in [-0.2, 0) is 0 Å². The SMILES string of the molecule is COc1ccc(Nc2nc(C(=O)Nc3ccc4c(c3)OCCO4)cs2)c(OC)c1. The molecular weight excluding hydrogens is 394 g/mol. The van der Waals surface area contributed by atoms with Gasteiger partial charge in [-0.3, -0.25) is 4.79 Å². The number of aromatic nitrogens is 1. The minimum absolute atomic E-state index is 0.305. The van der Waals surface area contributed by atoms with Gasteiger partial charge in [0.1, 0.15) is 30.4 Å². The van der Waals surface area contributed by atoms with Gasteiger partial charge in [0.25, 0.3) is 5.91 Å². The van der Waals surface area contributed by atoms with Crippen LogP contribution in [0.5, 0.6) is 23.0 Å². The maximum absolute atomic E-state index is 12.5. The van der Waals surface area contributed by atoms with Crippen LogP contribution < -0.4 is 29.6 Å². The third kappa shape index (κ3) is 4.19. The molecule has 150 valence electrons. The Morgan fingerprint density at radius 3 is 2.69 bits per heavy atom. The van der Waals surface area contributed by atoms with Gasteiger partial charge >= 0.3 is 0 Å². The number of nitrogens with one attached hydrogen (secondary N) is 2. The summed E-state index contributed by atoms with van der Waals surface area (Å²) in [5.41, 5.74) is 1.64. The van der Waals surface area contributed by atoms with E-state index >= 15 is 0 Å². The Morgan fingerprint density at radius 1 is 1.07 bits per heavy atom. The molecule has 1 aromatic heterocycles. The van der Waals surface area contributed by atoms with Crippen LogP contribution in [0.25, 0.3) is 0 Å². The van der Waals surface area contributed by atoms with Gasteiger partial charge in [0.15, 0.2) is 16.6 Å². The van der Waals surface area contributed by atoms with Gasteiger partial charge in [-0.15, -0.1) is 11.3 Å². The lowest BCUT2D eigenvalue weighted by molar-refractivity contribution is 0.102. The summed E-state index contributed by atoms with van der Waals surface area (Å²) in [5, 5.41) is 8.25. The minimum Gasteiger partial charge on any atom is -0.497 e. The average Bonchev–Trinajstić information content (AvgIpc) is 3.22. The minimum atomic E-state index is -0.312. The molecule has 8 nitrogen and oxygen atoms in total. The van der Waals surface area contributed by atoms with Crippen LogP contribution in [0, 0.1) is 0 Å². The first-order valence-electron chi connectivity index (χ1n) is 8.82. The second-order valence-corrected chi connectivity index (χ2v) is 6.90. The fourth-order valence-corrected chi connectivity index (χ4v) is 3.47. The Balaban J connectivity index is 1.45. The highest BCUT2D eigenvalue weighted by atomic mass is 32.1. The second kappa shape index (κ2) is 8.27. The lowest BCUT2D eigenvalue weighted by Gasteiger charge is -2.18. The Morgan fingerprint density at radius 2 is 1.90 bits per heavy atom. The van der Waals surface area contributed by atoms with E-state index in [-0.39, 0.29) is 5.91 Å². The van der Waals surface area contributed by atoms with Gasteiger partial charge in [-0.25, -0.2) is 4.98 Å². The molecule has 0 saturated carbocycles. The Bertz CT molecular complexity index is 1040. The van der Waals surface area contributed by atoms with E-state index in [1.807, 2.05) is 12.1 Å². The van der Waals surface area contributed by atoms with E-state index in [4.69, 9.17) is 18.9 Å². The molecule has 0 fully saturated rings. The monoisotopic (exact) mass is 413 g/mol. The summed E-state index contributed by atoms with van der Waals surface area (Å²) in [4.78, 5) is 16.9. The number of carbonyl (C=O) groups is 1. The maximum atomic E-state index is 12.5. The number of hydrogen-bond donors (Lipinski definition) is 2. The van der Waals surface area contributed by atoms with Crippen LogP contribution in [0.3, 0.4) is 0 Å². The van der Waals surface area contributed by atoms with E-state index in [1.165, 1.54) is 11.3 Å². The van der Waals surface area contributed by atoms with E-state index in [0.717, 1.165) is 5.69 Å². The molecule has 0 bridgehead atoms. The van der Waals surface area contributed by atoms with Gasteiger partial charge in [-0.2, -0.15) is 0 Å². The summed E-state index contributed by atoms with van der Waals surface area (Å²) in [7, 11) is 3.17. The Kier molecular flexibility index (Phi) is 5.39. The lowest BCUT2D eigenvalue weighted by atomic mass is 10.2. The molecule has 0 spiro atoms. The average molecular weight is 413 g/mol. The van der Waals surface area contributed by atoms with Crippen LogP contribution in [0.4, 0.5) is 16.5 Å². The summed E-state index contributed by atoms with van der Waals surface area (Å²) in [6.45, 7) is 1.01. The van der Waals surface area contributed by atoms with Crippen LogP contribution in [0.15, 0.2) is 41.8 Å². The standard InChI is InChI=1S/C20H19N3O5S/c1-25-13-4-5-14(17(10-13)26-2)22-20-23-15(11-29-20)19(24)21-12-3-6-16-18(9-12)28-8-7-27-16/h3-6,9-11H,7-8H2,1-2H3,(H,21,24)(H,22,23). The topological polar surface area (TPSA) is 90.9 Å². The molecule has 0 radical (unpaired) electrons. The highest BCUT2D eigenvalue weighted by Gasteiger charge is 2.16. The molecule has 1 aliphatic heterocycles. The van der Waals surface area contributed by atoms with E-state index in [9.17, 15) is 4.79 Å². The molecule has 2 N–H and O–H groups in total. The largest absolute Gasteiger partial charge is 0.497 e. The number of nitrogens with zero attached hydrogens (tertiary/aromatic N) is 1. The van der Waals surface area contributed by atoms with Crippen molar-refractivity contribution >= 4 is 33.8 Å². The van der Waals surface area contributed by atoms with E-state index < -0.39 is 0 Å². The molecule has 0 unspecified atom stereocenters. The number of fused-ring (bicyclic) bond motifs is 1. The molecule has 2 heterocycles. The van der Waals surface area contributed by atoms with Crippen LogP contribution in [0.1, 0.15) is 10.5 Å². The van der Waals surface area contributed by atoms with Gasteiger partial charge in [0.05, 0.1) is 19.9 Å². The molecule has 1 aliphatic rings. The summed E-state index contributed by atoms with van der Waals surface area (Å²) >= 11 is 1.32. The van der Waals surface area contributed by atoms with Crippen molar-refractivity contribution in [2.45, 2.75) is 0 Å². The van der Waals surface area contributed by atoms with Crippen molar-refractivity contribution in [2.24, 2.45) is 0 Å². The first-order chi connectivity index (χ1) is 14.2. The first kappa shape index (κ1) is 18.9. The van der Waals surface area contributed by atoms with Gasteiger partial charge in [-0.05, 0) is 24.3 Å². The number of amides is 1. The predicted molar refractivity (Wildman–Crippen MR) is 110 cm³/mol. The quantitative estimate of drug-likeness (QED) is 0.633. The molecule has 0 saturated heterocycles. The normalized spacial score (nSPS) is 12.2. The maximum Gasteiger partial charge on any atom is 0.275 e. The number of thiazole rings is 1. The zero-order valence-electron chi connectivity index (χ0n) is 15.9. The number of anilines is 3. The molecule has 0 aliphatic carbocycles. The third-order valence-corrected chi connectivity index (χ3v) is 4.94. The van der Waals surface area contributed by atoms with Crippen molar-refractivity contribution in [1.29, 1.82) is 0 Å². The number of rotatable bonds is 6. The van der Waals surface area contributed by atoms with Gasteiger partial charge in [0.2, 0.25) is 0 Å². The summed E-state index contributed by atoms with van der Waals surface area (Å²) in [5.74, 6) is 2.27. The molecule has 0 atom stereocenters. The number of hydrogen-bond acceptors (Lipinski definition) is 8. The van der Waals surface area contributed by atoms with Crippen LogP contribution >= 0.6 is 11.3 Å². The van der Waals surface area contributed by atoms with Gasteiger partial charge < -0.3 is 29.6 Å². The van der Waals surface area contributed by atoms with Crippen LogP contribution in [0.2, 0.25) is 0 Å². The molecule has 9 heteroatoms. The highest BCUT2D eigenvalue weighted by Crippen LogP contribution is 2.34. The summed E-state index contributed by atoms with van der Waals surface area (Å²) < 4.78 is 21.6. The molecule has 1 amide bonds. The molecule has 29 heavy (non-hydrogen) atoms. The van der Waals surface area contributed by atoms with E-state index in [1.54, 1.807) is 43.9 Å². The summed E-state index contributed by atoms with van der Waals surface area (Å²) in [6.07, 6.45) is 0. The van der Waals surface area contributed by atoms with Gasteiger partial charge in [-0.1, -0.05) is 0 Å². The predicted octanol–water partition coefficient (Wildman–Crippen LogP) is 3.93. The molecular formula is C20H19N3O5S. The number of ether oxygens (including phenoxy) is 4. The fourth-order valence-electron chi connectivity index (χ4n) is 2.77. The third-order valence-electron chi connectivity index (χ3n) is 4.19. The zero-order chi connectivity index (χ0) is 20.2. The first-order valence-corrected chi connectivity index (χ1v) is 9.70.